The predicted molar refractivity (Wildman–Crippen MR) is 58.1 cm³/mol. The molecular weight excluding hydrogens is 176 g/mol. The number of nitrogens with one attached hydrogen (secondary N) is 2. The maximum atomic E-state index is 11.4. The molecule has 1 aliphatic carbocycles. The van der Waals surface area contributed by atoms with Gasteiger partial charge in [-0.1, -0.05) is 26.2 Å². The van der Waals surface area contributed by atoms with E-state index in [0.717, 1.165) is 6.42 Å². The van der Waals surface area contributed by atoms with Gasteiger partial charge in [-0.2, -0.15) is 0 Å². The van der Waals surface area contributed by atoms with Crippen LogP contribution in [-0.2, 0) is 4.79 Å². The Morgan fingerprint density at radius 1 is 1.36 bits per heavy atom. The van der Waals surface area contributed by atoms with Gasteiger partial charge in [-0.05, 0) is 25.8 Å². The summed E-state index contributed by atoms with van der Waals surface area (Å²) in [5.41, 5.74) is 0. The molecular formula is C11H22N2O. The van der Waals surface area contributed by atoms with Crippen molar-refractivity contribution in [2.75, 3.05) is 13.6 Å². The minimum Gasteiger partial charge on any atom is -0.352 e. The number of hydrogen-bond donors (Lipinski definition) is 2. The Labute approximate surface area is 86.6 Å². The lowest BCUT2D eigenvalue weighted by Gasteiger charge is -2.31. The molecule has 0 saturated heterocycles. The third-order valence-electron chi connectivity index (χ3n) is 3.12. The zero-order chi connectivity index (χ0) is 10.4. The summed E-state index contributed by atoms with van der Waals surface area (Å²) in [5, 5.41) is 6.00. The quantitative estimate of drug-likeness (QED) is 0.714. The van der Waals surface area contributed by atoms with Crippen LogP contribution in [0.1, 0.15) is 39.0 Å². The molecule has 0 aromatic heterocycles. The second-order valence-electron chi connectivity index (χ2n) is 4.16. The van der Waals surface area contributed by atoms with Gasteiger partial charge >= 0.3 is 0 Å². The van der Waals surface area contributed by atoms with Gasteiger partial charge in [0.15, 0.2) is 0 Å². The molecule has 0 aromatic carbocycles. The molecule has 0 aliphatic heterocycles. The van der Waals surface area contributed by atoms with Crippen LogP contribution in [0.25, 0.3) is 0 Å². The Kier molecular flexibility index (Phi) is 4.94. The number of carbonyl (C=O) groups is 1. The van der Waals surface area contributed by atoms with Crippen LogP contribution in [0, 0.1) is 5.92 Å². The summed E-state index contributed by atoms with van der Waals surface area (Å²) in [6.07, 6.45) is 6.22. The lowest BCUT2D eigenvalue weighted by molar-refractivity contribution is -0.121. The zero-order valence-corrected chi connectivity index (χ0v) is 9.31. The molecule has 3 heteroatoms. The monoisotopic (exact) mass is 198 g/mol. The summed E-state index contributed by atoms with van der Waals surface area (Å²) in [6, 6.07) is 0.426. The van der Waals surface area contributed by atoms with E-state index in [0.29, 0.717) is 18.5 Å². The van der Waals surface area contributed by atoms with Crippen LogP contribution in [-0.4, -0.2) is 25.5 Å². The van der Waals surface area contributed by atoms with Gasteiger partial charge in [0.05, 0.1) is 6.54 Å². The van der Waals surface area contributed by atoms with E-state index in [-0.39, 0.29) is 5.91 Å². The summed E-state index contributed by atoms with van der Waals surface area (Å²) in [6.45, 7) is 2.65. The number of amides is 1. The molecule has 0 spiro atoms. The molecule has 2 unspecified atom stereocenters. The van der Waals surface area contributed by atoms with Gasteiger partial charge in [0, 0.05) is 6.04 Å². The first-order valence-electron chi connectivity index (χ1n) is 5.72. The second kappa shape index (κ2) is 6.02. The molecule has 0 heterocycles. The van der Waals surface area contributed by atoms with Gasteiger partial charge in [-0.25, -0.2) is 0 Å². The van der Waals surface area contributed by atoms with Gasteiger partial charge < -0.3 is 10.6 Å². The standard InChI is InChI=1S/C11H22N2O/c1-3-9-6-4-5-7-10(9)13-11(14)8-12-2/h9-10,12H,3-8H2,1-2H3,(H,13,14). The van der Waals surface area contributed by atoms with Crippen molar-refractivity contribution in [3.63, 3.8) is 0 Å². The largest absolute Gasteiger partial charge is 0.352 e. The van der Waals surface area contributed by atoms with Crippen LogP contribution >= 0.6 is 0 Å². The average molecular weight is 198 g/mol. The van der Waals surface area contributed by atoms with E-state index in [2.05, 4.69) is 17.6 Å². The fraction of sp³-hybridized carbons (Fsp3) is 0.909. The summed E-state index contributed by atoms with van der Waals surface area (Å²) in [4.78, 5) is 11.4. The van der Waals surface area contributed by atoms with Crippen LogP contribution in [0.5, 0.6) is 0 Å². The fourth-order valence-electron chi connectivity index (χ4n) is 2.30. The molecule has 0 bridgehead atoms. The summed E-state index contributed by atoms with van der Waals surface area (Å²) >= 11 is 0. The van der Waals surface area contributed by atoms with Gasteiger partial charge in [0.1, 0.15) is 0 Å². The first kappa shape index (κ1) is 11.5. The van der Waals surface area contributed by atoms with E-state index in [9.17, 15) is 4.79 Å². The van der Waals surface area contributed by atoms with E-state index < -0.39 is 0 Å². The zero-order valence-electron chi connectivity index (χ0n) is 9.31. The highest BCUT2D eigenvalue weighted by molar-refractivity contribution is 5.78. The van der Waals surface area contributed by atoms with Gasteiger partial charge in [-0.3, -0.25) is 4.79 Å². The van der Waals surface area contributed by atoms with E-state index in [1.165, 1.54) is 25.7 Å². The summed E-state index contributed by atoms with van der Waals surface area (Å²) in [5.74, 6) is 0.836. The number of rotatable bonds is 4. The summed E-state index contributed by atoms with van der Waals surface area (Å²) < 4.78 is 0. The molecule has 1 amide bonds. The topological polar surface area (TPSA) is 41.1 Å². The molecule has 82 valence electrons. The molecule has 14 heavy (non-hydrogen) atoms. The Balaban J connectivity index is 2.36. The summed E-state index contributed by atoms with van der Waals surface area (Å²) in [7, 11) is 1.80. The van der Waals surface area contributed by atoms with Crippen molar-refractivity contribution in [3.8, 4) is 0 Å². The number of hydrogen-bond acceptors (Lipinski definition) is 2. The molecule has 2 atom stereocenters. The van der Waals surface area contributed by atoms with Crippen LogP contribution < -0.4 is 10.6 Å². The SMILES string of the molecule is CCC1CCCCC1NC(=O)CNC. The molecule has 1 fully saturated rings. The van der Waals surface area contributed by atoms with Gasteiger partial charge in [0.2, 0.25) is 5.91 Å². The van der Waals surface area contributed by atoms with Crippen molar-refractivity contribution in [3.05, 3.63) is 0 Å². The maximum Gasteiger partial charge on any atom is 0.234 e. The van der Waals surface area contributed by atoms with Crippen molar-refractivity contribution in [2.24, 2.45) is 5.92 Å². The molecule has 2 N–H and O–H groups in total. The first-order chi connectivity index (χ1) is 6.77. The molecule has 0 aromatic rings. The van der Waals surface area contributed by atoms with Crippen LogP contribution in [0.15, 0.2) is 0 Å². The Bertz CT molecular complexity index is 182. The van der Waals surface area contributed by atoms with E-state index in [1.807, 2.05) is 0 Å². The third kappa shape index (κ3) is 3.29. The minimum absolute atomic E-state index is 0.137. The molecule has 0 radical (unpaired) electrons. The number of likely N-dealkylation sites (N-methyl/N-ethyl adjacent to an activating group) is 1. The van der Waals surface area contributed by atoms with Crippen molar-refractivity contribution in [2.45, 2.75) is 45.1 Å². The van der Waals surface area contributed by atoms with Crippen molar-refractivity contribution in [1.29, 1.82) is 0 Å². The van der Waals surface area contributed by atoms with Crippen LogP contribution in [0.3, 0.4) is 0 Å². The van der Waals surface area contributed by atoms with Gasteiger partial charge in [0.25, 0.3) is 0 Å². The highest BCUT2D eigenvalue weighted by Gasteiger charge is 2.24. The number of carbonyl (C=O) groups excluding carboxylic acids is 1. The molecule has 1 rings (SSSR count). The lowest BCUT2D eigenvalue weighted by Crippen LogP contribution is -2.44. The minimum atomic E-state index is 0.137. The van der Waals surface area contributed by atoms with E-state index in [4.69, 9.17) is 0 Å². The third-order valence-corrected chi connectivity index (χ3v) is 3.12. The average Bonchev–Trinajstić information content (AvgIpc) is 2.19. The first-order valence-corrected chi connectivity index (χ1v) is 5.72. The Morgan fingerprint density at radius 3 is 2.71 bits per heavy atom. The molecule has 3 nitrogen and oxygen atoms in total. The fourth-order valence-corrected chi connectivity index (χ4v) is 2.30. The highest BCUT2D eigenvalue weighted by atomic mass is 16.1. The highest BCUT2D eigenvalue weighted by Crippen LogP contribution is 2.26. The Hall–Kier alpha value is -0.570. The van der Waals surface area contributed by atoms with Crippen molar-refractivity contribution < 1.29 is 4.79 Å². The molecule has 1 aliphatic rings. The van der Waals surface area contributed by atoms with E-state index in [1.54, 1.807) is 7.05 Å². The van der Waals surface area contributed by atoms with Crippen LogP contribution in [0.2, 0.25) is 0 Å². The van der Waals surface area contributed by atoms with E-state index >= 15 is 0 Å². The smallest absolute Gasteiger partial charge is 0.234 e. The lowest BCUT2D eigenvalue weighted by atomic mass is 9.83. The predicted octanol–water partition coefficient (Wildman–Crippen LogP) is 1.29. The van der Waals surface area contributed by atoms with Crippen molar-refractivity contribution >= 4 is 5.91 Å². The Morgan fingerprint density at radius 2 is 2.07 bits per heavy atom. The van der Waals surface area contributed by atoms with Crippen molar-refractivity contribution in [1.82, 2.24) is 10.6 Å². The van der Waals surface area contributed by atoms with Crippen LogP contribution in [0.4, 0.5) is 0 Å². The maximum absolute atomic E-state index is 11.4. The molecule has 1 saturated carbocycles. The second-order valence-corrected chi connectivity index (χ2v) is 4.16. The normalized spacial score (nSPS) is 27.3. The van der Waals surface area contributed by atoms with Gasteiger partial charge in [-0.15, -0.1) is 0 Å².